The van der Waals surface area contributed by atoms with E-state index in [9.17, 15) is 14.6 Å². The number of nitrogens with zero attached hydrogens (tertiary/aromatic N) is 2. The zero-order chi connectivity index (χ0) is 19.2. The summed E-state index contributed by atoms with van der Waals surface area (Å²) in [6, 6.07) is 12.3. The second kappa shape index (κ2) is 9.17. The van der Waals surface area contributed by atoms with E-state index >= 15 is 0 Å². The predicted octanol–water partition coefficient (Wildman–Crippen LogP) is 2.61. The Morgan fingerprint density at radius 3 is 2.63 bits per heavy atom. The summed E-state index contributed by atoms with van der Waals surface area (Å²) in [5.74, 6) is 0.664. The molecule has 146 valence electrons. The Bertz CT molecular complexity index is 756. The number of aromatic hydroxyl groups is 1. The molecule has 1 fully saturated rings. The van der Waals surface area contributed by atoms with Gasteiger partial charge in [-0.1, -0.05) is 24.3 Å². The molecule has 3 rings (SSSR count). The second-order valence-electron chi connectivity index (χ2n) is 6.96. The third kappa shape index (κ3) is 4.97. The van der Waals surface area contributed by atoms with Gasteiger partial charge in [0.2, 0.25) is 0 Å². The van der Waals surface area contributed by atoms with E-state index in [0.29, 0.717) is 30.8 Å². The number of hydrogen-bond acceptors (Lipinski definition) is 5. The number of hydrogen-bond donors (Lipinski definition) is 2. The van der Waals surface area contributed by atoms with Crippen LogP contribution in [0.2, 0.25) is 0 Å². The minimum atomic E-state index is -0.189. The van der Waals surface area contributed by atoms with Crippen LogP contribution in [0.15, 0.2) is 42.5 Å². The van der Waals surface area contributed by atoms with Crippen LogP contribution in [0.5, 0.6) is 11.5 Å². The van der Waals surface area contributed by atoms with E-state index < -0.39 is 0 Å². The Labute approximate surface area is 159 Å². The molecule has 1 aliphatic heterocycles. The first-order chi connectivity index (χ1) is 13.1. The molecule has 5 nitrogen and oxygen atoms in total. The maximum atomic E-state index is 14.0. The summed E-state index contributed by atoms with van der Waals surface area (Å²) in [7, 11) is 1.57. The molecule has 2 aromatic rings. The third-order valence-corrected chi connectivity index (χ3v) is 5.17. The van der Waals surface area contributed by atoms with Crippen molar-refractivity contribution < 1.29 is 19.3 Å². The summed E-state index contributed by atoms with van der Waals surface area (Å²) in [4.78, 5) is 4.50. The minimum absolute atomic E-state index is 0.0973. The van der Waals surface area contributed by atoms with E-state index in [4.69, 9.17) is 4.74 Å². The number of rotatable bonds is 7. The molecule has 2 aromatic carbocycles. The normalized spacial score (nSPS) is 18.6. The molecule has 0 saturated carbocycles. The maximum absolute atomic E-state index is 14.0. The molecule has 1 saturated heterocycles. The van der Waals surface area contributed by atoms with Crippen molar-refractivity contribution in [2.75, 3.05) is 33.4 Å². The molecule has 1 atom stereocenters. The first-order valence-electron chi connectivity index (χ1n) is 9.27. The maximum Gasteiger partial charge on any atom is 0.127 e. The van der Waals surface area contributed by atoms with Gasteiger partial charge in [0.15, 0.2) is 0 Å². The first kappa shape index (κ1) is 19.6. The largest absolute Gasteiger partial charge is 0.507 e. The van der Waals surface area contributed by atoms with Gasteiger partial charge in [-0.2, -0.15) is 0 Å². The number of methoxy groups -OCH3 is 1. The molecule has 6 heteroatoms. The van der Waals surface area contributed by atoms with Crippen molar-refractivity contribution in [3.63, 3.8) is 0 Å². The van der Waals surface area contributed by atoms with Gasteiger partial charge < -0.3 is 14.9 Å². The summed E-state index contributed by atoms with van der Waals surface area (Å²) in [5.41, 5.74) is 1.53. The zero-order valence-electron chi connectivity index (χ0n) is 15.6. The highest BCUT2D eigenvalue weighted by atomic mass is 19.1. The van der Waals surface area contributed by atoms with Crippen LogP contribution in [0, 0.1) is 5.82 Å². The Morgan fingerprint density at radius 1 is 1.11 bits per heavy atom. The average molecular weight is 374 g/mol. The molecular weight excluding hydrogens is 347 g/mol. The van der Waals surface area contributed by atoms with E-state index in [0.717, 1.165) is 25.2 Å². The number of benzene rings is 2. The van der Waals surface area contributed by atoms with Crippen LogP contribution >= 0.6 is 0 Å². The average Bonchev–Trinajstić information content (AvgIpc) is 2.67. The van der Waals surface area contributed by atoms with Gasteiger partial charge in [-0.25, -0.2) is 4.39 Å². The molecule has 1 heterocycles. The van der Waals surface area contributed by atoms with Crippen LogP contribution in [-0.2, 0) is 13.1 Å². The summed E-state index contributed by atoms with van der Waals surface area (Å²) >= 11 is 0. The number of aliphatic hydroxyl groups excluding tert-OH is 1. The van der Waals surface area contributed by atoms with Crippen LogP contribution in [0.3, 0.4) is 0 Å². The Morgan fingerprint density at radius 2 is 1.93 bits per heavy atom. The lowest BCUT2D eigenvalue weighted by molar-refractivity contribution is 0.0489. The first-order valence-corrected chi connectivity index (χ1v) is 9.27. The number of phenolic OH excluding ortho intramolecular Hbond substituents is 1. The van der Waals surface area contributed by atoms with Gasteiger partial charge in [0, 0.05) is 62.6 Å². The van der Waals surface area contributed by atoms with Crippen molar-refractivity contribution >= 4 is 0 Å². The summed E-state index contributed by atoms with van der Waals surface area (Å²) in [6.07, 6.45) is 0.638. The molecule has 0 radical (unpaired) electrons. The number of ether oxygens (including phenoxy) is 1. The van der Waals surface area contributed by atoms with Crippen molar-refractivity contribution in [1.82, 2.24) is 9.80 Å². The smallest absolute Gasteiger partial charge is 0.127 e. The molecule has 27 heavy (non-hydrogen) atoms. The fourth-order valence-electron chi connectivity index (χ4n) is 3.62. The Balaban J connectivity index is 1.66. The summed E-state index contributed by atoms with van der Waals surface area (Å²) in [6.45, 7) is 3.64. The van der Waals surface area contributed by atoms with Gasteiger partial charge in [-0.05, 0) is 18.6 Å². The van der Waals surface area contributed by atoms with Crippen LogP contribution in [0.25, 0.3) is 0 Å². The number of piperazine rings is 1. The third-order valence-electron chi connectivity index (χ3n) is 5.17. The number of phenols is 1. The van der Waals surface area contributed by atoms with Crippen LogP contribution in [0.4, 0.5) is 4.39 Å². The number of aliphatic hydroxyl groups is 1. The zero-order valence-corrected chi connectivity index (χ0v) is 15.6. The lowest BCUT2D eigenvalue weighted by Crippen LogP contribution is -2.52. The van der Waals surface area contributed by atoms with Gasteiger partial charge in [0.25, 0.3) is 0 Å². The predicted molar refractivity (Wildman–Crippen MR) is 102 cm³/mol. The topological polar surface area (TPSA) is 56.2 Å². The SMILES string of the molecule is COc1ccc(CN2CCN(Cc3ccccc3F)C(CCO)C2)c(O)c1. The van der Waals surface area contributed by atoms with Crippen molar-refractivity contribution in [3.8, 4) is 11.5 Å². The lowest BCUT2D eigenvalue weighted by Gasteiger charge is -2.41. The van der Waals surface area contributed by atoms with Gasteiger partial charge >= 0.3 is 0 Å². The van der Waals surface area contributed by atoms with Crippen molar-refractivity contribution in [1.29, 1.82) is 0 Å². The van der Waals surface area contributed by atoms with Gasteiger partial charge in [-0.15, -0.1) is 0 Å². The fraction of sp³-hybridized carbons (Fsp3) is 0.429. The van der Waals surface area contributed by atoms with Crippen LogP contribution in [-0.4, -0.2) is 59.4 Å². The molecule has 2 N–H and O–H groups in total. The molecule has 0 spiro atoms. The van der Waals surface area contributed by atoms with E-state index in [1.807, 2.05) is 24.3 Å². The molecule has 0 aliphatic carbocycles. The van der Waals surface area contributed by atoms with E-state index in [1.165, 1.54) is 6.07 Å². The highest BCUT2D eigenvalue weighted by Gasteiger charge is 2.27. The summed E-state index contributed by atoms with van der Waals surface area (Å²) in [5, 5.41) is 19.7. The van der Waals surface area contributed by atoms with Crippen molar-refractivity contribution in [3.05, 3.63) is 59.4 Å². The standard InChI is InChI=1S/C21H27FN2O3/c1-27-19-7-6-17(21(26)12-19)13-23-9-10-24(18(15-23)8-11-25)14-16-4-2-3-5-20(16)22/h2-7,12,18,25-26H,8-11,13-15H2,1H3. The highest BCUT2D eigenvalue weighted by molar-refractivity contribution is 5.39. The highest BCUT2D eigenvalue weighted by Crippen LogP contribution is 2.26. The van der Waals surface area contributed by atoms with Crippen molar-refractivity contribution in [2.45, 2.75) is 25.6 Å². The lowest BCUT2D eigenvalue weighted by atomic mass is 10.1. The van der Waals surface area contributed by atoms with E-state index in [2.05, 4.69) is 9.80 Å². The van der Waals surface area contributed by atoms with Gasteiger partial charge in [0.1, 0.15) is 17.3 Å². The second-order valence-corrected chi connectivity index (χ2v) is 6.96. The Kier molecular flexibility index (Phi) is 6.66. The fourth-order valence-corrected chi connectivity index (χ4v) is 3.62. The molecule has 0 aromatic heterocycles. The van der Waals surface area contributed by atoms with E-state index in [1.54, 1.807) is 19.2 Å². The monoisotopic (exact) mass is 374 g/mol. The van der Waals surface area contributed by atoms with Crippen LogP contribution in [0.1, 0.15) is 17.5 Å². The molecule has 0 amide bonds. The molecule has 1 unspecified atom stereocenters. The van der Waals surface area contributed by atoms with Gasteiger partial charge in [-0.3, -0.25) is 9.80 Å². The quantitative estimate of drug-likeness (QED) is 0.780. The minimum Gasteiger partial charge on any atom is -0.507 e. The number of halogens is 1. The van der Waals surface area contributed by atoms with Crippen LogP contribution < -0.4 is 4.74 Å². The van der Waals surface area contributed by atoms with Gasteiger partial charge in [0.05, 0.1) is 7.11 Å². The molecule has 1 aliphatic rings. The van der Waals surface area contributed by atoms with E-state index in [-0.39, 0.29) is 24.2 Å². The molecular formula is C21H27FN2O3. The summed E-state index contributed by atoms with van der Waals surface area (Å²) < 4.78 is 19.1. The van der Waals surface area contributed by atoms with Crippen molar-refractivity contribution in [2.24, 2.45) is 0 Å². The molecule has 0 bridgehead atoms. The Hall–Kier alpha value is -2.15.